The first-order valence-electron chi connectivity index (χ1n) is 16.0. The molecule has 1 atom stereocenters. The maximum Gasteiger partial charge on any atom is 0.410 e. The minimum atomic E-state index is -1.31. The van der Waals surface area contributed by atoms with E-state index in [2.05, 4.69) is 21.5 Å². The van der Waals surface area contributed by atoms with Crippen molar-refractivity contribution in [1.82, 2.24) is 24.4 Å². The van der Waals surface area contributed by atoms with Crippen molar-refractivity contribution < 1.29 is 33.0 Å². The van der Waals surface area contributed by atoms with Gasteiger partial charge in [-0.25, -0.2) is 37.3 Å². The van der Waals surface area contributed by atoms with Crippen molar-refractivity contribution in [3.05, 3.63) is 75.5 Å². The monoisotopic (exact) mass is 685 g/mol. The van der Waals surface area contributed by atoms with Crippen LogP contribution in [0.3, 0.4) is 0 Å². The largest absolute Gasteiger partial charge is 0.504 e. The number of amides is 1. The Morgan fingerprint density at radius 2 is 1.78 bits per heavy atom. The summed E-state index contributed by atoms with van der Waals surface area (Å²) in [5.74, 6) is -4.90. The summed E-state index contributed by atoms with van der Waals surface area (Å²) in [5, 5.41) is 20.9. The molecule has 15 heteroatoms. The van der Waals surface area contributed by atoms with Crippen LogP contribution in [0.4, 0.5) is 29.6 Å². The average Bonchev–Trinajstić information content (AvgIpc) is 3.02. The molecule has 2 aromatic heterocycles. The Hall–Kier alpha value is -4.92. The van der Waals surface area contributed by atoms with Gasteiger partial charge in [-0.3, -0.25) is 10.7 Å². The Balaban J connectivity index is 1.96. The minimum absolute atomic E-state index is 0.0577. The number of nitrogens with zero attached hydrogens (tertiary/aromatic N) is 6. The fourth-order valence-corrected chi connectivity index (χ4v) is 5.65. The lowest BCUT2D eigenvalue weighted by molar-refractivity contribution is 0.0218. The van der Waals surface area contributed by atoms with Gasteiger partial charge >= 0.3 is 11.8 Å². The van der Waals surface area contributed by atoms with Crippen molar-refractivity contribution in [2.45, 2.75) is 78.9 Å². The number of allylic oxidation sites excluding steroid dienone is 2. The van der Waals surface area contributed by atoms with Crippen molar-refractivity contribution >= 4 is 29.4 Å². The van der Waals surface area contributed by atoms with Crippen LogP contribution >= 0.6 is 0 Å². The molecule has 0 aliphatic carbocycles. The number of hydrogen-bond donors (Lipinski definition) is 3. The molecule has 1 amide bonds. The molecule has 0 spiro atoms. The predicted octanol–water partition coefficient (Wildman–Crippen LogP) is 6.18. The first kappa shape index (κ1) is 36.9. The average molecular weight is 686 g/mol. The smallest absolute Gasteiger partial charge is 0.410 e. The molecule has 3 N–H and O–H groups in total. The van der Waals surface area contributed by atoms with Crippen LogP contribution < -0.4 is 16.1 Å². The number of aryl methyl sites for hydroxylation is 2. The highest BCUT2D eigenvalue weighted by Crippen LogP contribution is 2.37. The highest BCUT2D eigenvalue weighted by atomic mass is 19.1. The van der Waals surface area contributed by atoms with Gasteiger partial charge in [0.25, 0.3) is 0 Å². The molecule has 49 heavy (non-hydrogen) atoms. The van der Waals surface area contributed by atoms with Crippen LogP contribution in [-0.2, 0) is 17.6 Å². The number of aromatic hydroxyl groups is 1. The number of carbonyl (C=O) groups is 1. The maximum absolute atomic E-state index is 16.2. The topological polar surface area (TPSA) is 146 Å². The van der Waals surface area contributed by atoms with Gasteiger partial charge in [0.2, 0.25) is 0 Å². The molecule has 0 radical (unpaired) electrons. The van der Waals surface area contributed by atoms with Crippen molar-refractivity contribution in [2.75, 3.05) is 30.0 Å². The summed E-state index contributed by atoms with van der Waals surface area (Å²) in [7, 11) is 0. The molecule has 0 saturated carbocycles. The van der Waals surface area contributed by atoms with Crippen molar-refractivity contribution in [2.24, 2.45) is 0 Å². The van der Waals surface area contributed by atoms with E-state index in [0.717, 1.165) is 16.7 Å². The number of halogens is 3. The standard InChI is InChI=1S/C34H42F3N7O5/c1-8-10-26-28(27(11-9-2)39-18-38-26)44-31(41-48)23(16-24(36)20(4)22-14-21(35)15-25(37)29(22)45)30(40-32(44)46)43-13-12-42(17-19(43)3)33(47)49-34(5,6)7/h14-16,18-19,41,45,48H,4,8-13,17H2,1-3,5-7H3/b24-16+/t19-/m0/s1. The predicted molar refractivity (Wildman–Crippen MR) is 180 cm³/mol. The number of rotatable bonds is 10. The highest BCUT2D eigenvalue weighted by molar-refractivity contribution is 5.87. The Morgan fingerprint density at radius 3 is 2.33 bits per heavy atom. The van der Waals surface area contributed by atoms with Gasteiger partial charge in [-0.2, -0.15) is 4.98 Å². The van der Waals surface area contributed by atoms with Gasteiger partial charge in [-0.15, -0.1) is 0 Å². The summed E-state index contributed by atoms with van der Waals surface area (Å²) in [5.41, 5.74) is 0.494. The Labute approximate surface area is 282 Å². The Morgan fingerprint density at radius 1 is 1.14 bits per heavy atom. The number of benzene rings is 1. The third-order valence-electron chi connectivity index (χ3n) is 7.85. The number of hydrogen-bond acceptors (Lipinski definition) is 10. The Kier molecular flexibility index (Phi) is 11.4. The molecular formula is C34H42F3N7O5. The molecule has 264 valence electrons. The van der Waals surface area contributed by atoms with Crippen LogP contribution in [0.1, 0.15) is 76.9 Å². The lowest BCUT2D eigenvalue weighted by atomic mass is 10.0. The zero-order valence-corrected chi connectivity index (χ0v) is 28.5. The zero-order chi connectivity index (χ0) is 36.2. The number of phenols is 1. The summed E-state index contributed by atoms with van der Waals surface area (Å²) in [4.78, 5) is 43.2. The number of piperazine rings is 1. The van der Waals surface area contributed by atoms with Crippen molar-refractivity contribution in [3.63, 3.8) is 0 Å². The van der Waals surface area contributed by atoms with E-state index in [4.69, 9.17) is 4.74 Å². The van der Waals surface area contributed by atoms with E-state index < -0.39 is 57.8 Å². The molecule has 1 fully saturated rings. The molecule has 1 aliphatic heterocycles. The summed E-state index contributed by atoms with van der Waals surface area (Å²) < 4.78 is 51.1. The lowest BCUT2D eigenvalue weighted by Crippen LogP contribution is -2.55. The summed E-state index contributed by atoms with van der Waals surface area (Å²) in [6, 6.07) is 0.690. The van der Waals surface area contributed by atoms with E-state index in [1.165, 1.54) is 11.2 Å². The van der Waals surface area contributed by atoms with Crippen molar-refractivity contribution in [3.8, 4) is 11.4 Å². The number of nitrogens with one attached hydrogen (secondary N) is 1. The quantitative estimate of drug-likeness (QED) is 0.167. The van der Waals surface area contributed by atoms with Gasteiger partial charge < -0.3 is 19.6 Å². The van der Waals surface area contributed by atoms with E-state index in [0.29, 0.717) is 43.1 Å². The SMILES string of the molecule is C=C(/C(F)=C\c1c(N2CCN(C(=O)OC(C)(C)C)C[C@@H]2C)nc(=O)n(-c2c(CCC)ncnc2CCC)c1NO)c1cc(F)cc(F)c1O. The van der Waals surface area contributed by atoms with E-state index in [1.807, 2.05) is 19.3 Å². The molecule has 1 aromatic carbocycles. The van der Waals surface area contributed by atoms with Crippen LogP contribution in [0.15, 0.2) is 35.7 Å². The van der Waals surface area contributed by atoms with E-state index in [-0.39, 0.29) is 42.5 Å². The molecular weight excluding hydrogens is 643 g/mol. The summed E-state index contributed by atoms with van der Waals surface area (Å²) >= 11 is 0. The fraction of sp³-hybridized carbons (Fsp3) is 0.441. The van der Waals surface area contributed by atoms with Gasteiger partial charge in [0.1, 0.15) is 35.2 Å². The zero-order valence-electron chi connectivity index (χ0n) is 28.5. The van der Waals surface area contributed by atoms with Crippen LogP contribution in [0.5, 0.6) is 5.75 Å². The molecule has 0 bridgehead atoms. The third kappa shape index (κ3) is 8.04. The van der Waals surface area contributed by atoms with Crippen LogP contribution in [0.2, 0.25) is 0 Å². The second-order valence-corrected chi connectivity index (χ2v) is 12.8. The molecule has 4 rings (SSSR count). The number of aromatic nitrogens is 4. The third-order valence-corrected chi connectivity index (χ3v) is 7.85. The second kappa shape index (κ2) is 15.1. The first-order valence-corrected chi connectivity index (χ1v) is 16.0. The van der Waals surface area contributed by atoms with Gasteiger partial charge in [0.15, 0.2) is 11.6 Å². The molecule has 1 aliphatic rings. The van der Waals surface area contributed by atoms with Gasteiger partial charge in [0.05, 0.1) is 22.6 Å². The number of phenolic OH excluding ortho intramolecular Hbond substituents is 1. The van der Waals surface area contributed by atoms with E-state index in [1.54, 1.807) is 32.6 Å². The molecule has 0 unspecified atom stereocenters. The van der Waals surface area contributed by atoms with E-state index >= 15 is 4.39 Å². The molecule has 1 saturated heterocycles. The molecule has 12 nitrogen and oxygen atoms in total. The van der Waals surface area contributed by atoms with Crippen LogP contribution in [0.25, 0.3) is 17.3 Å². The molecule has 3 heterocycles. The molecule has 3 aromatic rings. The normalized spacial score (nSPS) is 15.4. The summed E-state index contributed by atoms with van der Waals surface area (Å²) in [6.07, 6.45) is 3.96. The first-order chi connectivity index (χ1) is 23.1. The highest BCUT2D eigenvalue weighted by Gasteiger charge is 2.34. The van der Waals surface area contributed by atoms with E-state index in [9.17, 15) is 28.7 Å². The minimum Gasteiger partial charge on any atom is -0.504 e. The maximum atomic E-state index is 16.2. The number of carbonyl (C=O) groups excluding carboxylic acids is 1. The van der Waals surface area contributed by atoms with Crippen LogP contribution in [0, 0.1) is 11.6 Å². The van der Waals surface area contributed by atoms with Gasteiger partial charge in [-0.1, -0.05) is 33.3 Å². The van der Waals surface area contributed by atoms with Crippen molar-refractivity contribution in [1.29, 1.82) is 0 Å². The Bertz CT molecular complexity index is 1800. The summed E-state index contributed by atoms with van der Waals surface area (Å²) in [6.45, 7) is 15.0. The fourth-order valence-electron chi connectivity index (χ4n) is 5.65. The lowest BCUT2D eigenvalue weighted by Gasteiger charge is -2.41. The van der Waals surface area contributed by atoms with Crippen LogP contribution in [-0.4, -0.2) is 72.1 Å². The van der Waals surface area contributed by atoms with Gasteiger partial charge in [-0.05, 0) is 52.7 Å². The number of ether oxygens (including phenoxy) is 1. The number of anilines is 2. The van der Waals surface area contributed by atoms with Gasteiger partial charge in [0, 0.05) is 42.9 Å². The second-order valence-electron chi connectivity index (χ2n) is 12.8.